The van der Waals surface area contributed by atoms with Gasteiger partial charge in [-0.3, -0.25) is 0 Å². The van der Waals surface area contributed by atoms with E-state index >= 15 is 0 Å². The molecule has 0 aliphatic rings. The molecular weight excluding hydrogens is 266 g/mol. The van der Waals surface area contributed by atoms with Crippen molar-refractivity contribution < 1.29 is 0 Å². The van der Waals surface area contributed by atoms with Gasteiger partial charge in [-0.2, -0.15) is 0 Å². The zero-order chi connectivity index (χ0) is 14.8. The number of rotatable bonds is 3. The van der Waals surface area contributed by atoms with Crippen molar-refractivity contribution in [2.24, 2.45) is 0 Å². The first-order valence-corrected chi connectivity index (χ1v) is 7.60. The lowest BCUT2D eigenvalue weighted by Gasteiger charge is -2.04. The number of hydrogen-bond donors (Lipinski definition) is 0. The average molecular weight is 283 g/mol. The molecule has 0 saturated heterocycles. The third-order valence-corrected chi connectivity index (χ3v) is 4.07. The Morgan fingerprint density at radius 1 is 0.636 bits per heavy atom. The van der Waals surface area contributed by atoms with E-state index in [9.17, 15) is 0 Å². The summed E-state index contributed by atoms with van der Waals surface area (Å²) >= 11 is 0. The van der Waals surface area contributed by atoms with E-state index in [2.05, 4.69) is 95.7 Å². The lowest BCUT2D eigenvalue weighted by molar-refractivity contribution is 1.10. The summed E-state index contributed by atoms with van der Waals surface area (Å²) in [6.45, 7) is 0. The number of nitrogens with zero attached hydrogens (tertiary/aromatic N) is 1. The highest BCUT2D eigenvalue weighted by Gasteiger charge is 2.09. The molecule has 0 aliphatic heterocycles. The number of benzene rings is 3. The lowest BCUT2D eigenvalue weighted by Crippen LogP contribution is -1.90. The van der Waals surface area contributed by atoms with Crippen molar-refractivity contribution in [2.75, 3.05) is 0 Å². The molecule has 0 bridgehead atoms. The Labute approximate surface area is 130 Å². The largest absolute Gasteiger partial charge is 0.316 e. The van der Waals surface area contributed by atoms with Crippen LogP contribution < -0.4 is 0 Å². The van der Waals surface area contributed by atoms with Crippen LogP contribution >= 0.6 is 0 Å². The van der Waals surface area contributed by atoms with Crippen molar-refractivity contribution in [3.63, 3.8) is 0 Å². The van der Waals surface area contributed by atoms with Gasteiger partial charge in [-0.1, -0.05) is 66.7 Å². The minimum absolute atomic E-state index is 0.960. The fourth-order valence-corrected chi connectivity index (χ4v) is 3.01. The summed E-state index contributed by atoms with van der Waals surface area (Å²) in [6.07, 6.45) is 3.23. The summed E-state index contributed by atoms with van der Waals surface area (Å²) in [7, 11) is 0. The third kappa shape index (κ3) is 2.31. The zero-order valence-corrected chi connectivity index (χ0v) is 12.3. The van der Waals surface area contributed by atoms with Crippen LogP contribution in [0.4, 0.5) is 0 Å². The Bertz CT molecular complexity index is 889. The molecule has 1 nitrogen and oxygen atoms in total. The van der Waals surface area contributed by atoms with Gasteiger partial charge in [0.1, 0.15) is 0 Å². The van der Waals surface area contributed by atoms with Gasteiger partial charge < -0.3 is 4.57 Å². The van der Waals surface area contributed by atoms with Gasteiger partial charge in [0.25, 0.3) is 0 Å². The second kappa shape index (κ2) is 5.53. The third-order valence-electron chi connectivity index (χ3n) is 4.07. The number of para-hydroxylation sites is 2. The van der Waals surface area contributed by atoms with E-state index in [4.69, 9.17) is 0 Å². The molecule has 1 heteroatoms. The average Bonchev–Trinajstić information content (AvgIpc) is 2.96. The fourth-order valence-electron chi connectivity index (χ4n) is 3.01. The topological polar surface area (TPSA) is 4.93 Å². The van der Waals surface area contributed by atoms with Crippen molar-refractivity contribution in [1.29, 1.82) is 0 Å². The first kappa shape index (κ1) is 12.9. The van der Waals surface area contributed by atoms with Crippen LogP contribution in [0.25, 0.3) is 16.6 Å². The van der Waals surface area contributed by atoms with E-state index in [0.717, 1.165) is 6.42 Å². The van der Waals surface area contributed by atoms with Crippen molar-refractivity contribution in [1.82, 2.24) is 4.57 Å². The van der Waals surface area contributed by atoms with E-state index < -0.39 is 0 Å². The van der Waals surface area contributed by atoms with E-state index in [0.29, 0.717) is 0 Å². The Morgan fingerprint density at radius 2 is 1.27 bits per heavy atom. The second-order valence-electron chi connectivity index (χ2n) is 5.54. The highest BCUT2D eigenvalue weighted by molar-refractivity contribution is 5.86. The summed E-state index contributed by atoms with van der Waals surface area (Å²) < 4.78 is 2.29. The van der Waals surface area contributed by atoms with E-state index in [1.54, 1.807) is 0 Å². The Morgan fingerprint density at radius 3 is 2.05 bits per heavy atom. The maximum Gasteiger partial charge on any atom is 0.0531 e. The molecule has 1 aromatic heterocycles. The van der Waals surface area contributed by atoms with Crippen LogP contribution in [0.1, 0.15) is 11.1 Å². The van der Waals surface area contributed by atoms with Gasteiger partial charge in [-0.25, -0.2) is 0 Å². The standard InChI is InChI=1S/C21H17N/c1-3-9-17(10-4-1)15-18-16-22(19-11-5-2-6-12-19)21-14-8-7-13-20(18)21/h1-14,16H,15H2. The first-order chi connectivity index (χ1) is 10.9. The quantitative estimate of drug-likeness (QED) is 0.485. The van der Waals surface area contributed by atoms with Crippen LogP contribution in [0.2, 0.25) is 0 Å². The smallest absolute Gasteiger partial charge is 0.0531 e. The zero-order valence-electron chi connectivity index (χ0n) is 12.3. The van der Waals surface area contributed by atoms with Crippen LogP contribution in [0.15, 0.2) is 91.1 Å². The predicted molar refractivity (Wildman–Crippen MR) is 92.5 cm³/mol. The first-order valence-electron chi connectivity index (χ1n) is 7.60. The second-order valence-corrected chi connectivity index (χ2v) is 5.54. The van der Waals surface area contributed by atoms with Crippen LogP contribution in [0, 0.1) is 0 Å². The maximum absolute atomic E-state index is 2.29. The molecule has 22 heavy (non-hydrogen) atoms. The van der Waals surface area contributed by atoms with Crippen molar-refractivity contribution >= 4 is 10.9 Å². The van der Waals surface area contributed by atoms with Gasteiger partial charge in [0.2, 0.25) is 0 Å². The lowest BCUT2D eigenvalue weighted by atomic mass is 10.0. The number of hydrogen-bond acceptors (Lipinski definition) is 0. The molecular formula is C21H17N. The molecule has 0 fully saturated rings. The molecule has 0 atom stereocenters. The highest BCUT2D eigenvalue weighted by Crippen LogP contribution is 2.26. The maximum atomic E-state index is 2.29. The van der Waals surface area contributed by atoms with E-state index in [1.807, 2.05) is 0 Å². The minimum Gasteiger partial charge on any atom is -0.316 e. The predicted octanol–water partition coefficient (Wildman–Crippen LogP) is 5.22. The molecule has 0 spiro atoms. The molecule has 0 aliphatic carbocycles. The van der Waals surface area contributed by atoms with E-state index in [1.165, 1.54) is 27.7 Å². The minimum atomic E-state index is 0.960. The molecule has 0 unspecified atom stereocenters. The van der Waals surface area contributed by atoms with Crippen molar-refractivity contribution in [2.45, 2.75) is 6.42 Å². The van der Waals surface area contributed by atoms with Crippen LogP contribution in [0.3, 0.4) is 0 Å². The Hall–Kier alpha value is -2.80. The molecule has 106 valence electrons. The van der Waals surface area contributed by atoms with Gasteiger partial charge >= 0.3 is 0 Å². The highest BCUT2D eigenvalue weighted by atomic mass is 15.0. The number of fused-ring (bicyclic) bond motifs is 1. The molecule has 3 aromatic carbocycles. The fraction of sp³-hybridized carbons (Fsp3) is 0.0476. The molecule has 0 saturated carbocycles. The van der Waals surface area contributed by atoms with Crippen LogP contribution in [0.5, 0.6) is 0 Å². The van der Waals surface area contributed by atoms with Crippen LogP contribution in [-0.4, -0.2) is 4.57 Å². The molecule has 4 rings (SSSR count). The monoisotopic (exact) mass is 283 g/mol. The van der Waals surface area contributed by atoms with Gasteiger partial charge in [-0.15, -0.1) is 0 Å². The van der Waals surface area contributed by atoms with Gasteiger partial charge in [0, 0.05) is 17.3 Å². The summed E-state index contributed by atoms with van der Waals surface area (Å²) in [6, 6.07) is 29.8. The van der Waals surface area contributed by atoms with Crippen molar-refractivity contribution in [3.05, 3.63) is 102 Å². The summed E-state index contributed by atoms with van der Waals surface area (Å²) in [4.78, 5) is 0. The summed E-state index contributed by atoms with van der Waals surface area (Å²) in [5.41, 5.74) is 5.18. The van der Waals surface area contributed by atoms with Gasteiger partial charge in [0.15, 0.2) is 0 Å². The normalized spacial score (nSPS) is 10.9. The summed E-state index contributed by atoms with van der Waals surface area (Å²) in [5.74, 6) is 0. The van der Waals surface area contributed by atoms with Crippen LogP contribution in [-0.2, 0) is 6.42 Å². The number of aromatic nitrogens is 1. The molecule has 0 amide bonds. The summed E-state index contributed by atoms with van der Waals surface area (Å²) in [5, 5.41) is 1.33. The van der Waals surface area contributed by atoms with Gasteiger partial charge in [-0.05, 0) is 35.7 Å². The SMILES string of the molecule is c1ccc(Cc2cn(-c3ccccc3)c3ccccc23)cc1. The van der Waals surface area contributed by atoms with Gasteiger partial charge in [0.05, 0.1) is 5.52 Å². The Balaban J connectivity index is 1.86. The molecule has 0 N–H and O–H groups in total. The Kier molecular flexibility index (Phi) is 3.24. The van der Waals surface area contributed by atoms with Crippen molar-refractivity contribution in [3.8, 4) is 5.69 Å². The van der Waals surface area contributed by atoms with E-state index in [-0.39, 0.29) is 0 Å². The molecule has 0 radical (unpaired) electrons. The molecule has 1 heterocycles. The molecule has 4 aromatic rings.